The van der Waals surface area contributed by atoms with Crippen molar-refractivity contribution in [1.82, 2.24) is 0 Å². The zero-order valence-corrected chi connectivity index (χ0v) is 16.3. The third-order valence-corrected chi connectivity index (χ3v) is 5.29. The molecule has 0 unspecified atom stereocenters. The molecular weight excluding hydrogens is 352 g/mol. The van der Waals surface area contributed by atoms with Gasteiger partial charge in [0.2, 0.25) is 0 Å². The first-order chi connectivity index (χ1) is 13.7. The molecule has 0 saturated heterocycles. The van der Waals surface area contributed by atoms with E-state index in [2.05, 4.69) is 24.3 Å². The predicted molar refractivity (Wildman–Crippen MR) is 109 cm³/mol. The fourth-order valence-corrected chi connectivity index (χ4v) is 3.85. The van der Waals surface area contributed by atoms with Gasteiger partial charge < -0.3 is 18.9 Å². The van der Waals surface area contributed by atoms with E-state index in [-0.39, 0.29) is 12.0 Å². The molecule has 3 aromatic rings. The number of rotatable bonds is 5. The second kappa shape index (κ2) is 7.85. The number of hydrogen-bond acceptors (Lipinski definition) is 4. The third-order valence-electron chi connectivity index (χ3n) is 5.29. The van der Waals surface area contributed by atoms with Crippen molar-refractivity contribution in [2.45, 2.75) is 18.4 Å². The molecule has 0 saturated carbocycles. The van der Waals surface area contributed by atoms with E-state index < -0.39 is 0 Å². The molecule has 1 aliphatic heterocycles. The first-order valence-electron chi connectivity index (χ1n) is 9.35. The fourth-order valence-electron chi connectivity index (χ4n) is 3.85. The zero-order valence-electron chi connectivity index (χ0n) is 16.3. The Morgan fingerprint density at radius 1 is 0.750 bits per heavy atom. The number of hydrogen-bond donors (Lipinski definition) is 0. The van der Waals surface area contributed by atoms with E-state index in [1.807, 2.05) is 42.5 Å². The molecule has 0 fully saturated rings. The summed E-state index contributed by atoms with van der Waals surface area (Å²) >= 11 is 0. The van der Waals surface area contributed by atoms with Crippen molar-refractivity contribution in [3.8, 4) is 23.0 Å². The molecule has 1 heterocycles. The Balaban J connectivity index is 1.83. The van der Waals surface area contributed by atoms with Gasteiger partial charge in [-0.2, -0.15) is 0 Å². The number of fused-ring (bicyclic) bond motifs is 1. The summed E-state index contributed by atoms with van der Waals surface area (Å²) in [5.41, 5.74) is 3.42. The average molecular weight is 376 g/mol. The van der Waals surface area contributed by atoms with Crippen molar-refractivity contribution in [3.05, 3.63) is 83.4 Å². The van der Waals surface area contributed by atoms with Gasteiger partial charge in [0.15, 0.2) is 0 Å². The van der Waals surface area contributed by atoms with Gasteiger partial charge in [-0.1, -0.05) is 42.5 Å². The monoisotopic (exact) mass is 376 g/mol. The molecule has 0 aliphatic carbocycles. The van der Waals surface area contributed by atoms with Gasteiger partial charge in [0.25, 0.3) is 0 Å². The van der Waals surface area contributed by atoms with Crippen LogP contribution in [0.1, 0.15) is 35.1 Å². The molecule has 144 valence electrons. The summed E-state index contributed by atoms with van der Waals surface area (Å²) in [7, 11) is 5.02. The van der Waals surface area contributed by atoms with Crippen LogP contribution in [0, 0.1) is 0 Å². The van der Waals surface area contributed by atoms with E-state index >= 15 is 0 Å². The van der Waals surface area contributed by atoms with E-state index in [4.69, 9.17) is 18.9 Å². The Hall–Kier alpha value is -3.14. The minimum atomic E-state index is -0.0439. The van der Waals surface area contributed by atoms with Crippen LogP contribution in [-0.4, -0.2) is 21.3 Å². The lowest BCUT2D eigenvalue weighted by molar-refractivity contribution is 0.164. The standard InChI is InChI=1S/C24H24O4/c1-25-18-11-9-16(10-12-18)20-15-21(17-7-5-4-6-8-17)28-23-14-19(26-2)13-22(27-3)24(20)23/h4-14,20-21H,15H2,1-3H3/t20-,21-/m0/s1. The highest BCUT2D eigenvalue weighted by atomic mass is 16.5. The number of benzene rings is 3. The second-order valence-electron chi connectivity index (χ2n) is 6.82. The molecule has 1 aliphatic rings. The summed E-state index contributed by atoms with van der Waals surface area (Å²) in [6, 6.07) is 22.4. The lowest BCUT2D eigenvalue weighted by Gasteiger charge is -2.34. The first-order valence-corrected chi connectivity index (χ1v) is 9.35. The van der Waals surface area contributed by atoms with Crippen molar-refractivity contribution in [2.24, 2.45) is 0 Å². The Morgan fingerprint density at radius 2 is 1.46 bits per heavy atom. The van der Waals surface area contributed by atoms with E-state index in [1.165, 1.54) is 5.56 Å². The summed E-state index contributed by atoms with van der Waals surface area (Å²) in [5.74, 6) is 3.29. The molecule has 4 nitrogen and oxygen atoms in total. The molecule has 4 rings (SSSR count). The Bertz CT molecular complexity index is 935. The largest absolute Gasteiger partial charge is 0.497 e. The summed E-state index contributed by atoms with van der Waals surface area (Å²) in [6.07, 6.45) is 0.782. The quantitative estimate of drug-likeness (QED) is 0.600. The van der Waals surface area contributed by atoms with Gasteiger partial charge in [-0.05, 0) is 29.7 Å². The van der Waals surface area contributed by atoms with Gasteiger partial charge in [-0.15, -0.1) is 0 Å². The van der Waals surface area contributed by atoms with E-state index in [9.17, 15) is 0 Å². The lowest BCUT2D eigenvalue weighted by Crippen LogP contribution is -2.21. The zero-order chi connectivity index (χ0) is 19.5. The molecule has 0 spiro atoms. The molecule has 0 N–H and O–H groups in total. The van der Waals surface area contributed by atoms with Crippen LogP contribution < -0.4 is 18.9 Å². The first kappa shape index (κ1) is 18.2. The van der Waals surface area contributed by atoms with Gasteiger partial charge >= 0.3 is 0 Å². The highest BCUT2D eigenvalue weighted by molar-refractivity contribution is 5.57. The van der Waals surface area contributed by atoms with Crippen molar-refractivity contribution in [2.75, 3.05) is 21.3 Å². The van der Waals surface area contributed by atoms with Gasteiger partial charge in [0.1, 0.15) is 29.1 Å². The molecule has 4 heteroatoms. The third kappa shape index (κ3) is 3.38. The summed E-state index contributed by atoms with van der Waals surface area (Å²) in [5, 5.41) is 0. The highest BCUT2D eigenvalue weighted by Gasteiger charge is 2.33. The number of ether oxygens (including phenoxy) is 4. The van der Waals surface area contributed by atoms with E-state index in [1.54, 1.807) is 21.3 Å². The van der Waals surface area contributed by atoms with Crippen LogP contribution in [0.5, 0.6) is 23.0 Å². The maximum absolute atomic E-state index is 6.41. The second-order valence-corrected chi connectivity index (χ2v) is 6.82. The molecule has 3 aromatic carbocycles. The van der Waals surface area contributed by atoms with Crippen molar-refractivity contribution in [3.63, 3.8) is 0 Å². The van der Waals surface area contributed by atoms with Gasteiger partial charge in [0, 0.05) is 23.6 Å². The molecule has 0 radical (unpaired) electrons. The van der Waals surface area contributed by atoms with Crippen LogP contribution >= 0.6 is 0 Å². The molecule has 0 bridgehead atoms. The van der Waals surface area contributed by atoms with Crippen molar-refractivity contribution >= 4 is 0 Å². The normalized spacial score (nSPS) is 18.0. The summed E-state index contributed by atoms with van der Waals surface area (Å²) in [4.78, 5) is 0. The Kier molecular flexibility index (Phi) is 5.11. The minimum absolute atomic E-state index is 0.0439. The maximum atomic E-state index is 6.41. The molecular formula is C24H24O4. The van der Waals surface area contributed by atoms with Gasteiger partial charge in [0.05, 0.1) is 21.3 Å². The molecule has 2 atom stereocenters. The SMILES string of the molecule is COc1ccc([C@@H]2C[C@@H](c3ccccc3)Oc3cc(OC)cc(OC)c32)cc1. The smallest absolute Gasteiger partial charge is 0.131 e. The maximum Gasteiger partial charge on any atom is 0.131 e. The van der Waals surface area contributed by atoms with E-state index in [0.717, 1.165) is 40.5 Å². The van der Waals surface area contributed by atoms with Crippen LogP contribution in [-0.2, 0) is 0 Å². The van der Waals surface area contributed by atoms with Crippen LogP contribution in [0.15, 0.2) is 66.7 Å². The van der Waals surface area contributed by atoms with Gasteiger partial charge in [-0.25, -0.2) is 0 Å². The average Bonchev–Trinajstić information content (AvgIpc) is 2.78. The highest BCUT2D eigenvalue weighted by Crippen LogP contribution is 2.50. The molecule has 0 amide bonds. The van der Waals surface area contributed by atoms with E-state index in [0.29, 0.717) is 0 Å². The van der Waals surface area contributed by atoms with Crippen molar-refractivity contribution < 1.29 is 18.9 Å². The summed E-state index contributed by atoms with van der Waals surface area (Å²) < 4.78 is 22.9. The van der Waals surface area contributed by atoms with Gasteiger partial charge in [-0.3, -0.25) is 0 Å². The predicted octanol–water partition coefficient (Wildman–Crippen LogP) is 5.37. The topological polar surface area (TPSA) is 36.9 Å². The summed E-state index contributed by atoms with van der Waals surface area (Å²) in [6.45, 7) is 0. The Labute approximate surface area is 165 Å². The minimum Gasteiger partial charge on any atom is -0.497 e. The molecule has 28 heavy (non-hydrogen) atoms. The number of methoxy groups -OCH3 is 3. The van der Waals surface area contributed by atoms with Crippen LogP contribution in [0.2, 0.25) is 0 Å². The van der Waals surface area contributed by atoms with Crippen LogP contribution in [0.25, 0.3) is 0 Å². The van der Waals surface area contributed by atoms with Crippen molar-refractivity contribution in [1.29, 1.82) is 0 Å². The van der Waals surface area contributed by atoms with Crippen LogP contribution in [0.4, 0.5) is 0 Å². The lowest BCUT2D eigenvalue weighted by atomic mass is 9.82. The Morgan fingerprint density at radius 3 is 2.11 bits per heavy atom. The van der Waals surface area contributed by atoms with Crippen LogP contribution in [0.3, 0.4) is 0 Å². The fraction of sp³-hybridized carbons (Fsp3) is 0.250. The molecule has 0 aromatic heterocycles.